The molecule has 1 rings (SSSR count). The van der Waals surface area contributed by atoms with Crippen molar-refractivity contribution in [3.8, 4) is 0 Å². The van der Waals surface area contributed by atoms with Crippen LogP contribution >= 0.6 is 0 Å². The Hall–Kier alpha value is -1.26. The zero-order valence-electron chi connectivity index (χ0n) is 16.4. The highest BCUT2D eigenvalue weighted by Crippen LogP contribution is 2.23. The highest BCUT2D eigenvalue weighted by atomic mass is 16.6. The highest BCUT2D eigenvalue weighted by Gasteiger charge is 2.29. The van der Waals surface area contributed by atoms with Crippen LogP contribution in [0.1, 0.15) is 80.1 Å². The third kappa shape index (κ3) is 8.02. The molecule has 2 amide bonds. The summed E-state index contributed by atoms with van der Waals surface area (Å²) in [7, 11) is 0. The molecule has 1 unspecified atom stereocenters. The molecular weight excluding hydrogens is 304 g/mol. The molecule has 140 valence electrons. The quantitative estimate of drug-likeness (QED) is 0.819. The molecular formula is C19H36N2O3. The van der Waals surface area contributed by atoms with Crippen molar-refractivity contribution in [3.05, 3.63) is 0 Å². The fourth-order valence-corrected chi connectivity index (χ4v) is 3.23. The number of nitrogens with one attached hydrogen (secondary N) is 1. The van der Waals surface area contributed by atoms with Crippen molar-refractivity contribution in [2.75, 3.05) is 13.1 Å². The second kappa shape index (κ2) is 8.72. The molecule has 1 aliphatic heterocycles. The molecule has 0 radical (unpaired) electrons. The number of carbonyl (C=O) groups excluding carboxylic acids is 2. The van der Waals surface area contributed by atoms with E-state index >= 15 is 0 Å². The topological polar surface area (TPSA) is 58.6 Å². The Bertz CT molecular complexity index is 427. The van der Waals surface area contributed by atoms with E-state index in [0.29, 0.717) is 6.42 Å². The fourth-order valence-electron chi connectivity index (χ4n) is 3.23. The summed E-state index contributed by atoms with van der Waals surface area (Å²) in [4.78, 5) is 26.5. The monoisotopic (exact) mass is 340 g/mol. The minimum atomic E-state index is -0.617. The second-order valence-corrected chi connectivity index (χ2v) is 8.65. The molecule has 0 aromatic carbocycles. The molecule has 1 N–H and O–H groups in total. The fraction of sp³-hybridized carbons (Fsp3) is 0.895. The maximum absolute atomic E-state index is 12.6. The average molecular weight is 341 g/mol. The van der Waals surface area contributed by atoms with Crippen molar-refractivity contribution in [3.63, 3.8) is 0 Å². The van der Waals surface area contributed by atoms with Crippen LogP contribution in [0.3, 0.4) is 0 Å². The maximum Gasteiger partial charge on any atom is 0.408 e. The Morgan fingerprint density at radius 2 is 1.79 bits per heavy atom. The van der Waals surface area contributed by atoms with Crippen molar-refractivity contribution in [1.29, 1.82) is 0 Å². The number of alkyl carbamates (subject to hydrolysis) is 1. The molecule has 1 atom stereocenters. The molecule has 1 aliphatic rings. The third-order valence-electron chi connectivity index (χ3n) is 4.33. The highest BCUT2D eigenvalue weighted by molar-refractivity contribution is 5.78. The van der Waals surface area contributed by atoms with E-state index in [0.717, 1.165) is 31.8 Å². The van der Waals surface area contributed by atoms with E-state index in [1.54, 1.807) is 0 Å². The van der Waals surface area contributed by atoms with E-state index in [9.17, 15) is 9.59 Å². The molecule has 5 nitrogen and oxygen atoms in total. The van der Waals surface area contributed by atoms with Gasteiger partial charge in [-0.25, -0.2) is 4.79 Å². The van der Waals surface area contributed by atoms with Gasteiger partial charge in [-0.15, -0.1) is 0 Å². The van der Waals surface area contributed by atoms with Crippen molar-refractivity contribution < 1.29 is 14.3 Å². The minimum absolute atomic E-state index is 0.119. The van der Waals surface area contributed by atoms with Crippen molar-refractivity contribution in [2.24, 2.45) is 5.92 Å². The van der Waals surface area contributed by atoms with Crippen molar-refractivity contribution in [2.45, 2.75) is 91.2 Å². The first-order valence-electron chi connectivity index (χ1n) is 9.31. The van der Waals surface area contributed by atoms with Gasteiger partial charge in [0.15, 0.2) is 0 Å². The molecule has 1 fully saturated rings. The van der Waals surface area contributed by atoms with E-state index in [2.05, 4.69) is 12.2 Å². The molecule has 5 heteroatoms. The summed E-state index contributed by atoms with van der Waals surface area (Å²) >= 11 is 0. The molecule has 1 saturated heterocycles. The standard InChI is InChI=1S/C19H36N2O3/c1-7-9-15-10-8-12-21(13-11-15)16(22)14-19(5,6)20-17(23)24-18(2,3)4/h15H,7-14H2,1-6H3,(H,20,23). The Morgan fingerprint density at radius 1 is 1.12 bits per heavy atom. The van der Waals surface area contributed by atoms with Gasteiger partial charge in [0.05, 0.1) is 0 Å². The normalized spacial score (nSPS) is 19.6. The number of hydrogen-bond donors (Lipinski definition) is 1. The zero-order valence-corrected chi connectivity index (χ0v) is 16.4. The molecule has 0 saturated carbocycles. The average Bonchev–Trinajstić information content (AvgIpc) is 2.61. The van der Waals surface area contributed by atoms with Gasteiger partial charge in [0.2, 0.25) is 5.91 Å². The molecule has 0 bridgehead atoms. The van der Waals surface area contributed by atoms with Gasteiger partial charge in [-0.05, 0) is 59.8 Å². The molecule has 1 heterocycles. The minimum Gasteiger partial charge on any atom is -0.444 e. The van der Waals surface area contributed by atoms with Gasteiger partial charge in [0, 0.05) is 25.0 Å². The SMILES string of the molecule is CCCC1CCCN(C(=O)CC(C)(C)NC(=O)OC(C)(C)C)CC1. The third-order valence-corrected chi connectivity index (χ3v) is 4.33. The number of ether oxygens (including phenoxy) is 1. The Morgan fingerprint density at radius 3 is 2.38 bits per heavy atom. The summed E-state index contributed by atoms with van der Waals surface area (Å²) in [6, 6.07) is 0. The molecule has 24 heavy (non-hydrogen) atoms. The van der Waals surface area contributed by atoms with Gasteiger partial charge >= 0.3 is 6.09 Å². The lowest BCUT2D eigenvalue weighted by Gasteiger charge is -2.30. The van der Waals surface area contributed by atoms with Gasteiger partial charge < -0.3 is 15.0 Å². The van der Waals surface area contributed by atoms with Crippen LogP contribution in [0.4, 0.5) is 4.79 Å². The lowest BCUT2D eigenvalue weighted by Crippen LogP contribution is -2.49. The predicted octanol–water partition coefficient (Wildman–Crippen LogP) is 4.11. The first-order valence-corrected chi connectivity index (χ1v) is 9.31. The number of likely N-dealkylation sites (tertiary alicyclic amines) is 1. The van der Waals surface area contributed by atoms with Crippen LogP contribution in [0.15, 0.2) is 0 Å². The summed E-state index contributed by atoms with van der Waals surface area (Å²) in [5.74, 6) is 0.869. The van der Waals surface area contributed by atoms with Crippen LogP contribution in [-0.2, 0) is 9.53 Å². The van der Waals surface area contributed by atoms with Gasteiger partial charge in [0.25, 0.3) is 0 Å². The van der Waals surface area contributed by atoms with E-state index in [-0.39, 0.29) is 5.91 Å². The summed E-state index contributed by atoms with van der Waals surface area (Å²) < 4.78 is 5.29. The molecule has 0 aromatic rings. The van der Waals surface area contributed by atoms with Crippen LogP contribution in [0.2, 0.25) is 0 Å². The number of hydrogen-bond acceptors (Lipinski definition) is 3. The van der Waals surface area contributed by atoms with Crippen molar-refractivity contribution >= 4 is 12.0 Å². The van der Waals surface area contributed by atoms with E-state index in [1.165, 1.54) is 19.3 Å². The van der Waals surface area contributed by atoms with Gasteiger partial charge in [-0.1, -0.05) is 19.8 Å². The molecule has 0 spiro atoms. The van der Waals surface area contributed by atoms with E-state index in [1.807, 2.05) is 39.5 Å². The van der Waals surface area contributed by atoms with Crippen LogP contribution in [0, 0.1) is 5.92 Å². The Kier molecular flexibility index (Phi) is 7.56. The van der Waals surface area contributed by atoms with Crippen LogP contribution in [-0.4, -0.2) is 41.1 Å². The summed E-state index contributed by atoms with van der Waals surface area (Å²) in [5.41, 5.74) is -1.15. The number of rotatable bonds is 5. The maximum atomic E-state index is 12.6. The molecule has 0 aromatic heterocycles. The van der Waals surface area contributed by atoms with E-state index < -0.39 is 17.2 Å². The van der Waals surface area contributed by atoms with Gasteiger partial charge in [-0.2, -0.15) is 0 Å². The first-order chi connectivity index (χ1) is 11.0. The number of carbonyl (C=O) groups is 2. The molecule has 0 aliphatic carbocycles. The van der Waals surface area contributed by atoms with Crippen LogP contribution < -0.4 is 5.32 Å². The summed E-state index contributed by atoms with van der Waals surface area (Å²) in [6.45, 7) is 13.1. The second-order valence-electron chi connectivity index (χ2n) is 8.65. The summed E-state index contributed by atoms with van der Waals surface area (Å²) in [5, 5.41) is 2.82. The largest absolute Gasteiger partial charge is 0.444 e. The lowest BCUT2D eigenvalue weighted by molar-refractivity contribution is -0.132. The zero-order chi connectivity index (χ0) is 18.4. The van der Waals surface area contributed by atoms with Crippen LogP contribution in [0.5, 0.6) is 0 Å². The van der Waals surface area contributed by atoms with Crippen molar-refractivity contribution in [1.82, 2.24) is 10.2 Å². The smallest absolute Gasteiger partial charge is 0.408 e. The summed E-state index contributed by atoms with van der Waals surface area (Å²) in [6.07, 6.45) is 5.69. The first kappa shape index (κ1) is 20.8. The lowest BCUT2D eigenvalue weighted by atomic mass is 9.96. The Labute approximate surface area is 147 Å². The van der Waals surface area contributed by atoms with Gasteiger partial charge in [0.1, 0.15) is 5.60 Å². The van der Waals surface area contributed by atoms with Crippen LogP contribution in [0.25, 0.3) is 0 Å². The Balaban J connectivity index is 2.51. The van der Waals surface area contributed by atoms with Gasteiger partial charge in [-0.3, -0.25) is 4.79 Å². The number of nitrogens with zero attached hydrogens (tertiary/aromatic N) is 1. The number of amides is 2. The van der Waals surface area contributed by atoms with E-state index in [4.69, 9.17) is 4.74 Å². The predicted molar refractivity (Wildman–Crippen MR) is 96.9 cm³/mol.